The van der Waals surface area contributed by atoms with Crippen LogP contribution in [0.1, 0.15) is 39.5 Å². The zero-order valence-corrected chi connectivity index (χ0v) is 12.7. The van der Waals surface area contributed by atoms with E-state index in [0.717, 1.165) is 12.8 Å². The van der Waals surface area contributed by atoms with Crippen LogP contribution in [0.2, 0.25) is 0 Å². The topological polar surface area (TPSA) is 58.6 Å². The molecule has 4 nitrogen and oxygen atoms in total. The van der Waals surface area contributed by atoms with Gasteiger partial charge in [0.15, 0.2) is 0 Å². The molecule has 2 N–H and O–H groups in total. The van der Waals surface area contributed by atoms with E-state index in [-0.39, 0.29) is 23.3 Å². The van der Waals surface area contributed by atoms with Crippen molar-refractivity contribution in [2.45, 2.75) is 25.8 Å². The van der Waals surface area contributed by atoms with Crippen LogP contribution in [0.25, 0.3) is 0 Å². The van der Waals surface area contributed by atoms with Crippen molar-refractivity contribution in [3.05, 3.63) is 58.7 Å². The Morgan fingerprint density at radius 2 is 2.09 bits per heavy atom. The molecule has 1 aliphatic rings. The maximum Gasteiger partial charge on any atom is 0.255 e. The lowest BCUT2D eigenvalue weighted by Gasteiger charge is -2.15. The van der Waals surface area contributed by atoms with Gasteiger partial charge in [-0.05, 0) is 43.0 Å². The van der Waals surface area contributed by atoms with Crippen molar-refractivity contribution in [1.82, 2.24) is 5.32 Å². The van der Waals surface area contributed by atoms with Gasteiger partial charge in [-0.25, -0.2) is 0 Å². The monoisotopic (exact) mass is 297 g/mol. The number of methoxy groups -OCH3 is 1. The first kappa shape index (κ1) is 14.4. The molecule has 0 aliphatic heterocycles. The Bertz CT molecular complexity index is 724. The van der Waals surface area contributed by atoms with Gasteiger partial charge in [0.1, 0.15) is 11.5 Å². The number of amides is 1. The first-order chi connectivity index (χ1) is 10.6. The van der Waals surface area contributed by atoms with Gasteiger partial charge in [-0.2, -0.15) is 0 Å². The van der Waals surface area contributed by atoms with Crippen LogP contribution >= 0.6 is 0 Å². The molecule has 0 unspecified atom stereocenters. The summed E-state index contributed by atoms with van der Waals surface area (Å²) in [6.45, 7) is 2.07. The van der Waals surface area contributed by atoms with Crippen molar-refractivity contribution < 1.29 is 14.6 Å². The number of fused-ring (bicyclic) bond motifs is 1. The summed E-state index contributed by atoms with van der Waals surface area (Å²) >= 11 is 0. The first-order valence-corrected chi connectivity index (χ1v) is 7.36. The summed E-state index contributed by atoms with van der Waals surface area (Å²) < 4.78 is 5.03. The number of hydrogen-bond acceptors (Lipinski definition) is 3. The smallest absolute Gasteiger partial charge is 0.255 e. The molecule has 114 valence electrons. The second-order valence-electron chi connectivity index (χ2n) is 5.65. The lowest BCUT2D eigenvalue weighted by atomic mass is 10.0. The van der Waals surface area contributed by atoms with E-state index >= 15 is 0 Å². The molecule has 0 saturated heterocycles. The first-order valence-electron chi connectivity index (χ1n) is 7.36. The average molecular weight is 297 g/mol. The van der Waals surface area contributed by atoms with E-state index < -0.39 is 0 Å². The summed E-state index contributed by atoms with van der Waals surface area (Å²) in [4.78, 5) is 12.4. The third-order valence-corrected chi connectivity index (χ3v) is 4.13. The van der Waals surface area contributed by atoms with Crippen molar-refractivity contribution in [3.63, 3.8) is 0 Å². The number of phenols is 1. The Morgan fingerprint density at radius 1 is 1.27 bits per heavy atom. The highest BCUT2D eigenvalue weighted by Crippen LogP contribution is 2.32. The summed E-state index contributed by atoms with van der Waals surface area (Å²) in [7, 11) is 1.52. The van der Waals surface area contributed by atoms with E-state index in [1.54, 1.807) is 12.1 Å². The lowest BCUT2D eigenvalue weighted by Crippen LogP contribution is -2.27. The zero-order valence-electron chi connectivity index (χ0n) is 12.7. The van der Waals surface area contributed by atoms with Crippen molar-refractivity contribution >= 4 is 5.91 Å². The molecule has 0 radical (unpaired) electrons. The number of benzene rings is 2. The Morgan fingerprint density at radius 3 is 2.82 bits per heavy atom. The fourth-order valence-electron chi connectivity index (χ4n) is 2.96. The van der Waals surface area contributed by atoms with E-state index in [1.807, 2.05) is 0 Å². The van der Waals surface area contributed by atoms with Crippen LogP contribution in [0.15, 0.2) is 36.4 Å². The summed E-state index contributed by atoms with van der Waals surface area (Å²) in [6.07, 6.45) is 1.86. The highest BCUT2D eigenvalue weighted by molar-refractivity contribution is 5.97. The fourth-order valence-corrected chi connectivity index (χ4v) is 2.96. The Labute approximate surface area is 129 Å². The fraction of sp³-hybridized carbons (Fsp3) is 0.278. The average Bonchev–Trinajstić information content (AvgIpc) is 2.89. The highest BCUT2D eigenvalue weighted by atomic mass is 16.5. The van der Waals surface area contributed by atoms with Gasteiger partial charge in [-0.1, -0.05) is 23.8 Å². The molecule has 0 aromatic heterocycles. The number of aromatic hydroxyl groups is 1. The van der Waals surface area contributed by atoms with Gasteiger partial charge in [0.25, 0.3) is 5.91 Å². The van der Waals surface area contributed by atoms with Gasteiger partial charge in [0.2, 0.25) is 0 Å². The van der Waals surface area contributed by atoms with Crippen molar-refractivity contribution in [2.24, 2.45) is 0 Å². The number of aryl methyl sites for hydroxylation is 2. The molecule has 4 heteroatoms. The molecule has 1 aliphatic carbocycles. The van der Waals surface area contributed by atoms with Crippen LogP contribution in [-0.4, -0.2) is 18.1 Å². The SMILES string of the molecule is COc1ccc(C(=O)N[C@H]2CCc3cc(C)ccc32)c(O)c1. The second-order valence-corrected chi connectivity index (χ2v) is 5.65. The Balaban J connectivity index is 1.79. The largest absolute Gasteiger partial charge is 0.507 e. The van der Waals surface area contributed by atoms with Gasteiger partial charge < -0.3 is 15.2 Å². The van der Waals surface area contributed by atoms with Gasteiger partial charge >= 0.3 is 0 Å². The Hall–Kier alpha value is -2.49. The van der Waals surface area contributed by atoms with Crippen LogP contribution < -0.4 is 10.1 Å². The predicted molar refractivity (Wildman–Crippen MR) is 84.4 cm³/mol. The Kier molecular flexibility index (Phi) is 3.75. The molecule has 0 fully saturated rings. The maximum atomic E-state index is 12.4. The molecular weight excluding hydrogens is 278 g/mol. The van der Waals surface area contributed by atoms with Gasteiger partial charge in [-0.3, -0.25) is 4.79 Å². The second kappa shape index (κ2) is 5.72. The van der Waals surface area contributed by atoms with E-state index in [1.165, 1.54) is 29.9 Å². The number of nitrogens with one attached hydrogen (secondary N) is 1. The van der Waals surface area contributed by atoms with Crippen LogP contribution in [-0.2, 0) is 6.42 Å². The quantitative estimate of drug-likeness (QED) is 0.915. The van der Waals surface area contributed by atoms with Crippen molar-refractivity contribution in [1.29, 1.82) is 0 Å². The highest BCUT2D eigenvalue weighted by Gasteiger charge is 2.25. The molecular formula is C18H19NO3. The van der Waals surface area contributed by atoms with Gasteiger partial charge in [0.05, 0.1) is 18.7 Å². The number of carbonyl (C=O) groups excluding carboxylic acids is 1. The van der Waals surface area contributed by atoms with Crippen molar-refractivity contribution in [3.8, 4) is 11.5 Å². The minimum Gasteiger partial charge on any atom is -0.507 e. The molecule has 1 atom stereocenters. The van der Waals surface area contributed by atoms with E-state index in [4.69, 9.17) is 4.74 Å². The van der Waals surface area contributed by atoms with E-state index in [2.05, 4.69) is 30.4 Å². The standard InChI is InChI=1S/C18H19NO3/c1-11-3-6-14-12(9-11)4-8-16(14)19-18(21)15-7-5-13(22-2)10-17(15)20/h3,5-7,9-10,16,20H,4,8H2,1-2H3,(H,19,21)/t16-/m0/s1. The van der Waals surface area contributed by atoms with Crippen LogP contribution in [0.5, 0.6) is 11.5 Å². The molecule has 0 heterocycles. The molecule has 2 aromatic carbocycles. The molecule has 3 rings (SSSR count). The van der Waals surface area contributed by atoms with Gasteiger partial charge in [0, 0.05) is 6.07 Å². The van der Waals surface area contributed by atoms with Crippen LogP contribution in [0.3, 0.4) is 0 Å². The van der Waals surface area contributed by atoms with E-state index in [9.17, 15) is 9.90 Å². The number of carbonyl (C=O) groups is 1. The number of hydrogen-bond donors (Lipinski definition) is 2. The van der Waals surface area contributed by atoms with Gasteiger partial charge in [-0.15, -0.1) is 0 Å². The molecule has 1 amide bonds. The lowest BCUT2D eigenvalue weighted by molar-refractivity contribution is 0.0934. The molecule has 0 saturated carbocycles. The third-order valence-electron chi connectivity index (χ3n) is 4.13. The van der Waals surface area contributed by atoms with E-state index in [0.29, 0.717) is 5.75 Å². The summed E-state index contributed by atoms with van der Waals surface area (Å²) in [5, 5.41) is 13.0. The number of rotatable bonds is 3. The van der Waals surface area contributed by atoms with Crippen LogP contribution in [0.4, 0.5) is 0 Å². The molecule has 22 heavy (non-hydrogen) atoms. The molecule has 0 bridgehead atoms. The third kappa shape index (κ3) is 2.64. The summed E-state index contributed by atoms with van der Waals surface area (Å²) in [5.41, 5.74) is 3.97. The minimum absolute atomic E-state index is 0.00426. The number of phenolic OH excluding ortho intramolecular Hbond substituents is 1. The maximum absolute atomic E-state index is 12.4. The number of ether oxygens (including phenoxy) is 1. The molecule has 0 spiro atoms. The molecule has 2 aromatic rings. The van der Waals surface area contributed by atoms with Crippen LogP contribution in [0, 0.1) is 6.92 Å². The predicted octanol–water partition coefficient (Wildman–Crippen LogP) is 3.13. The summed E-state index contributed by atoms with van der Waals surface area (Å²) in [5.74, 6) is 0.188. The summed E-state index contributed by atoms with van der Waals surface area (Å²) in [6, 6.07) is 11.0. The minimum atomic E-state index is -0.265. The normalized spacial score (nSPS) is 16.2. The van der Waals surface area contributed by atoms with Crippen molar-refractivity contribution in [2.75, 3.05) is 7.11 Å². The zero-order chi connectivity index (χ0) is 15.7.